The molecule has 7 nitrogen and oxygen atoms in total. The van der Waals surface area contributed by atoms with E-state index in [1.165, 1.54) is 0 Å². The van der Waals surface area contributed by atoms with Crippen molar-refractivity contribution in [2.45, 2.75) is 0 Å². The van der Waals surface area contributed by atoms with Gasteiger partial charge < -0.3 is 4.98 Å². The number of allylic oxidation sites excluding steroid dienone is 1. The maximum atomic E-state index is 12.1. The summed E-state index contributed by atoms with van der Waals surface area (Å²) in [4.78, 5) is 23.8. The first kappa shape index (κ1) is 16.3. The SMILES string of the molecule is Cn1c(=O)n(C)c2cc(/C=C(/C#N)c3nc4ncc(Br)cc4[nH]3)ccc21. The number of hydrogen-bond donors (Lipinski definition) is 1. The Morgan fingerprint density at radius 1 is 1.27 bits per heavy atom. The second-order valence-corrected chi connectivity index (χ2v) is 6.84. The van der Waals surface area contributed by atoms with Crippen molar-refractivity contribution >= 4 is 49.8 Å². The van der Waals surface area contributed by atoms with E-state index in [2.05, 4.69) is 37.0 Å². The molecule has 0 spiro atoms. The van der Waals surface area contributed by atoms with Crippen molar-refractivity contribution in [3.8, 4) is 6.07 Å². The summed E-state index contributed by atoms with van der Waals surface area (Å²) < 4.78 is 4.01. The zero-order valence-corrected chi connectivity index (χ0v) is 15.6. The number of nitrogens with one attached hydrogen (secondary N) is 1. The molecule has 0 aliphatic rings. The second kappa shape index (κ2) is 5.97. The lowest BCUT2D eigenvalue weighted by molar-refractivity contribution is 0.795. The van der Waals surface area contributed by atoms with E-state index in [0.717, 1.165) is 26.6 Å². The van der Waals surface area contributed by atoms with Crippen LogP contribution in [0.25, 0.3) is 33.8 Å². The van der Waals surface area contributed by atoms with Crippen molar-refractivity contribution in [2.75, 3.05) is 0 Å². The number of aromatic nitrogens is 5. The number of pyridine rings is 1. The third-order valence-electron chi connectivity index (χ3n) is 4.29. The third-order valence-corrected chi connectivity index (χ3v) is 4.72. The lowest BCUT2D eigenvalue weighted by Gasteiger charge is -1.99. The average molecular weight is 409 g/mol. The summed E-state index contributed by atoms with van der Waals surface area (Å²) in [5.41, 5.74) is 4.05. The summed E-state index contributed by atoms with van der Waals surface area (Å²) in [6.45, 7) is 0. The predicted molar refractivity (Wildman–Crippen MR) is 103 cm³/mol. The van der Waals surface area contributed by atoms with Crippen LogP contribution in [0, 0.1) is 11.3 Å². The monoisotopic (exact) mass is 408 g/mol. The van der Waals surface area contributed by atoms with Crippen LogP contribution < -0.4 is 5.69 Å². The van der Waals surface area contributed by atoms with Gasteiger partial charge in [0.05, 0.1) is 22.1 Å². The number of nitriles is 1. The molecule has 4 aromatic rings. The van der Waals surface area contributed by atoms with Gasteiger partial charge in [0.25, 0.3) is 0 Å². The summed E-state index contributed by atoms with van der Waals surface area (Å²) in [5.74, 6) is 0.454. The van der Waals surface area contributed by atoms with Gasteiger partial charge in [-0.1, -0.05) is 6.07 Å². The van der Waals surface area contributed by atoms with E-state index in [4.69, 9.17) is 0 Å². The van der Waals surface area contributed by atoms with Crippen LogP contribution in [0.3, 0.4) is 0 Å². The lowest BCUT2D eigenvalue weighted by Crippen LogP contribution is -2.19. The lowest BCUT2D eigenvalue weighted by atomic mass is 10.1. The van der Waals surface area contributed by atoms with Gasteiger partial charge in [0, 0.05) is 24.8 Å². The Bertz CT molecular complexity index is 1300. The Morgan fingerprint density at radius 2 is 2.04 bits per heavy atom. The van der Waals surface area contributed by atoms with Crippen molar-refractivity contribution in [2.24, 2.45) is 14.1 Å². The number of fused-ring (bicyclic) bond motifs is 2. The van der Waals surface area contributed by atoms with Gasteiger partial charge in [-0.3, -0.25) is 9.13 Å². The van der Waals surface area contributed by atoms with Crippen LogP contribution in [-0.4, -0.2) is 24.1 Å². The first-order chi connectivity index (χ1) is 12.5. The Hall–Kier alpha value is -3.18. The molecule has 1 N–H and O–H groups in total. The van der Waals surface area contributed by atoms with E-state index in [-0.39, 0.29) is 5.69 Å². The molecule has 128 valence electrons. The van der Waals surface area contributed by atoms with E-state index in [0.29, 0.717) is 17.0 Å². The zero-order chi connectivity index (χ0) is 18.4. The molecule has 0 atom stereocenters. The largest absolute Gasteiger partial charge is 0.336 e. The molecule has 8 heteroatoms. The number of benzene rings is 1. The number of hydrogen-bond acceptors (Lipinski definition) is 4. The number of halogens is 1. The summed E-state index contributed by atoms with van der Waals surface area (Å²) in [6, 6.07) is 9.66. The number of H-pyrrole nitrogens is 1. The molecule has 1 aromatic carbocycles. The highest BCUT2D eigenvalue weighted by Gasteiger charge is 2.11. The van der Waals surface area contributed by atoms with Crippen molar-refractivity contribution < 1.29 is 0 Å². The van der Waals surface area contributed by atoms with E-state index >= 15 is 0 Å². The van der Waals surface area contributed by atoms with Crippen LogP contribution in [0.4, 0.5) is 0 Å². The Morgan fingerprint density at radius 3 is 2.81 bits per heavy atom. The van der Waals surface area contributed by atoms with E-state index in [9.17, 15) is 10.1 Å². The molecule has 0 bridgehead atoms. The van der Waals surface area contributed by atoms with Gasteiger partial charge in [0.2, 0.25) is 0 Å². The van der Waals surface area contributed by atoms with Gasteiger partial charge in [0.1, 0.15) is 6.07 Å². The molecule has 26 heavy (non-hydrogen) atoms. The molecule has 0 saturated carbocycles. The van der Waals surface area contributed by atoms with Gasteiger partial charge in [-0.05, 0) is 45.8 Å². The zero-order valence-electron chi connectivity index (χ0n) is 14.0. The van der Waals surface area contributed by atoms with E-state index < -0.39 is 0 Å². The first-order valence-corrected chi connectivity index (χ1v) is 8.56. The molecule has 0 aliphatic heterocycles. The van der Waals surface area contributed by atoms with Gasteiger partial charge >= 0.3 is 5.69 Å². The van der Waals surface area contributed by atoms with Crippen LogP contribution in [0.1, 0.15) is 11.4 Å². The van der Waals surface area contributed by atoms with Crippen molar-refractivity contribution in [3.63, 3.8) is 0 Å². The molecular formula is C18H13BrN6O. The topological polar surface area (TPSA) is 92.3 Å². The van der Waals surface area contributed by atoms with Crippen LogP contribution in [0.15, 0.2) is 39.7 Å². The Labute approximate surface area is 156 Å². The summed E-state index contributed by atoms with van der Waals surface area (Å²) in [7, 11) is 3.46. The Balaban J connectivity index is 1.84. The molecule has 0 amide bonds. The van der Waals surface area contributed by atoms with Crippen LogP contribution >= 0.6 is 15.9 Å². The normalized spacial score (nSPS) is 12.0. The number of aromatic amines is 1. The molecule has 4 rings (SSSR count). The maximum Gasteiger partial charge on any atom is 0.328 e. The molecule has 0 unspecified atom stereocenters. The summed E-state index contributed by atoms with van der Waals surface area (Å²) in [5, 5.41) is 9.57. The number of nitrogens with zero attached hydrogens (tertiary/aromatic N) is 5. The fourth-order valence-electron chi connectivity index (χ4n) is 2.94. The fourth-order valence-corrected chi connectivity index (χ4v) is 3.27. The molecule has 0 fully saturated rings. The van der Waals surface area contributed by atoms with Gasteiger partial charge in [0.15, 0.2) is 11.5 Å². The predicted octanol–water partition coefficient (Wildman–Crippen LogP) is 2.97. The molecule has 0 aliphatic carbocycles. The number of rotatable bonds is 2. The van der Waals surface area contributed by atoms with Gasteiger partial charge in [-0.25, -0.2) is 14.8 Å². The quantitative estimate of drug-likeness (QED) is 0.516. The fraction of sp³-hybridized carbons (Fsp3) is 0.111. The van der Waals surface area contributed by atoms with Crippen molar-refractivity contribution in [3.05, 3.63) is 56.8 Å². The number of imidazole rings is 2. The molecular weight excluding hydrogens is 396 g/mol. The molecule has 3 heterocycles. The highest BCUT2D eigenvalue weighted by atomic mass is 79.9. The summed E-state index contributed by atoms with van der Waals surface area (Å²) >= 11 is 3.37. The van der Waals surface area contributed by atoms with Crippen molar-refractivity contribution in [1.82, 2.24) is 24.1 Å². The summed E-state index contributed by atoms with van der Waals surface area (Å²) in [6.07, 6.45) is 3.40. The maximum absolute atomic E-state index is 12.1. The second-order valence-electron chi connectivity index (χ2n) is 5.93. The van der Waals surface area contributed by atoms with Crippen LogP contribution in [0.2, 0.25) is 0 Å². The van der Waals surface area contributed by atoms with Gasteiger partial charge in [-0.2, -0.15) is 5.26 Å². The molecule has 0 radical (unpaired) electrons. The average Bonchev–Trinajstić information content (AvgIpc) is 3.14. The highest BCUT2D eigenvalue weighted by molar-refractivity contribution is 9.10. The van der Waals surface area contributed by atoms with Crippen LogP contribution in [0.5, 0.6) is 0 Å². The van der Waals surface area contributed by atoms with Crippen LogP contribution in [-0.2, 0) is 14.1 Å². The third kappa shape index (κ3) is 2.53. The minimum atomic E-state index is -0.0874. The minimum Gasteiger partial charge on any atom is -0.336 e. The van der Waals surface area contributed by atoms with Crippen molar-refractivity contribution in [1.29, 1.82) is 5.26 Å². The van der Waals surface area contributed by atoms with Gasteiger partial charge in [-0.15, -0.1) is 0 Å². The highest BCUT2D eigenvalue weighted by Crippen LogP contribution is 2.22. The van der Waals surface area contributed by atoms with E-state index in [1.807, 2.05) is 24.3 Å². The number of aryl methyl sites for hydroxylation is 2. The minimum absolute atomic E-state index is 0.0874. The molecule has 0 saturated heterocycles. The Kier molecular flexibility index (Phi) is 3.74. The standard InChI is InChI=1S/C18H13BrN6O/c1-24-14-4-3-10(6-15(14)25(2)18(24)26)5-11(8-20)16-22-13-7-12(19)9-21-17(13)23-16/h3-7,9H,1-2H3,(H,21,22,23)/b11-5-. The van der Waals surface area contributed by atoms with E-state index in [1.54, 1.807) is 35.5 Å². The molecule has 3 aromatic heterocycles. The first-order valence-electron chi connectivity index (χ1n) is 7.77. The smallest absolute Gasteiger partial charge is 0.328 e.